The molecule has 1 fully saturated rings. The van der Waals surface area contributed by atoms with Crippen LogP contribution >= 0.6 is 11.8 Å². The number of benzene rings is 1. The summed E-state index contributed by atoms with van der Waals surface area (Å²) in [6, 6.07) is 6.65. The van der Waals surface area contributed by atoms with E-state index in [-0.39, 0.29) is 29.6 Å². The molecule has 0 spiro atoms. The van der Waals surface area contributed by atoms with Crippen molar-refractivity contribution in [3.05, 3.63) is 24.3 Å². The van der Waals surface area contributed by atoms with E-state index in [0.717, 1.165) is 6.42 Å². The van der Waals surface area contributed by atoms with E-state index in [4.69, 9.17) is 4.74 Å². The number of carbonyl (C=O) groups is 3. The quantitative estimate of drug-likeness (QED) is 0.634. The van der Waals surface area contributed by atoms with Gasteiger partial charge in [-0.3, -0.25) is 14.4 Å². The van der Waals surface area contributed by atoms with Gasteiger partial charge in [-0.25, -0.2) is 0 Å². The molecule has 6 nitrogen and oxygen atoms in total. The van der Waals surface area contributed by atoms with Crippen LogP contribution in [0.4, 0.5) is 5.69 Å². The largest absolute Gasteiger partial charge is 0.426 e. The molecule has 0 saturated carbocycles. The number of anilines is 1. The summed E-state index contributed by atoms with van der Waals surface area (Å²) in [6.07, 6.45) is 3.14. The maximum absolute atomic E-state index is 12.0. The molecule has 0 unspecified atom stereocenters. The summed E-state index contributed by atoms with van der Waals surface area (Å²) in [7, 11) is 0. The van der Waals surface area contributed by atoms with Crippen LogP contribution in [0.2, 0.25) is 0 Å². The number of nitrogens with one attached hydrogen (secondary N) is 1. The van der Waals surface area contributed by atoms with E-state index >= 15 is 0 Å². The molecule has 7 heteroatoms. The van der Waals surface area contributed by atoms with Crippen LogP contribution in [0, 0.1) is 0 Å². The molecule has 23 heavy (non-hydrogen) atoms. The van der Waals surface area contributed by atoms with E-state index in [1.54, 1.807) is 36.1 Å². The van der Waals surface area contributed by atoms with Crippen LogP contribution in [-0.4, -0.2) is 47.3 Å². The highest BCUT2D eigenvalue weighted by Gasteiger charge is 2.22. The van der Waals surface area contributed by atoms with Crippen molar-refractivity contribution in [3.63, 3.8) is 0 Å². The Morgan fingerprint density at radius 3 is 2.87 bits per heavy atom. The molecule has 1 aliphatic rings. The Kier molecular flexibility index (Phi) is 6.04. The summed E-state index contributed by atoms with van der Waals surface area (Å²) in [5.41, 5.74) is 0.531. The van der Waals surface area contributed by atoms with Gasteiger partial charge in [0.25, 0.3) is 0 Å². The van der Waals surface area contributed by atoms with Gasteiger partial charge in [0.15, 0.2) is 0 Å². The fraction of sp³-hybridized carbons (Fsp3) is 0.438. The Hall–Kier alpha value is -2.02. The van der Waals surface area contributed by atoms with Gasteiger partial charge in [0.05, 0.1) is 11.8 Å². The van der Waals surface area contributed by atoms with E-state index in [0.29, 0.717) is 24.4 Å². The van der Waals surface area contributed by atoms with Crippen molar-refractivity contribution in [1.29, 1.82) is 0 Å². The summed E-state index contributed by atoms with van der Waals surface area (Å²) >= 11 is 1.40. The lowest BCUT2D eigenvalue weighted by Gasteiger charge is -2.15. The third-order valence-electron chi connectivity index (χ3n) is 3.53. The molecule has 1 aromatic rings. The molecule has 0 bridgehead atoms. The van der Waals surface area contributed by atoms with Gasteiger partial charge in [-0.05, 0) is 31.7 Å². The van der Waals surface area contributed by atoms with Crippen molar-refractivity contribution < 1.29 is 19.1 Å². The van der Waals surface area contributed by atoms with Gasteiger partial charge < -0.3 is 15.0 Å². The maximum atomic E-state index is 12.0. The minimum Gasteiger partial charge on any atom is -0.426 e. The Bertz CT molecular complexity index is 605. The van der Waals surface area contributed by atoms with Crippen molar-refractivity contribution in [1.82, 2.24) is 4.90 Å². The highest BCUT2D eigenvalue weighted by Crippen LogP contribution is 2.19. The average molecular weight is 336 g/mol. The first-order valence-electron chi connectivity index (χ1n) is 7.42. The molecule has 1 N–H and O–H groups in total. The van der Waals surface area contributed by atoms with E-state index in [2.05, 4.69) is 5.32 Å². The highest BCUT2D eigenvalue weighted by molar-refractivity contribution is 7.99. The zero-order valence-electron chi connectivity index (χ0n) is 13.2. The van der Waals surface area contributed by atoms with Crippen LogP contribution in [-0.2, 0) is 14.4 Å². The third kappa shape index (κ3) is 4.99. The molecule has 1 atom stereocenters. The number of rotatable bonds is 6. The lowest BCUT2D eigenvalue weighted by atomic mass is 10.3. The first-order chi connectivity index (χ1) is 11.0. The Morgan fingerprint density at radius 1 is 1.43 bits per heavy atom. The number of thioether (sulfide) groups is 1. The molecular weight excluding hydrogens is 316 g/mol. The molecular formula is C16H20N2O4S. The molecule has 0 radical (unpaired) electrons. The van der Waals surface area contributed by atoms with Gasteiger partial charge in [0.1, 0.15) is 5.75 Å². The molecule has 0 aliphatic carbocycles. The van der Waals surface area contributed by atoms with E-state index in [1.165, 1.54) is 11.8 Å². The Morgan fingerprint density at radius 2 is 2.22 bits per heavy atom. The number of carbonyl (C=O) groups excluding carboxylic acids is 3. The first-order valence-corrected chi connectivity index (χ1v) is 8.70. The second-order valence-electron chi connectivity index (χ2n) is 5.29. The summed E-state index contributed by atoms with van der Waals surface area (Å²) in [4.78, 5) is 36.8. The van der Waals surface area contributed by atoms with Crippen LogP contribution in [0.15, 0.2) is 24.3 Å². The molecule has 2 amide bonds. The van der Waals surface area contributed by atoms with Gasteiger partial charge in [0, 0.05) is 24.7 Å². The van der Waals surface area contributed by atoms with Gasteiger partial charge in [-0.15, -0.1) is 0 Å². The Labute approximate surface area is 139 Å². The normalized spacial score (nSPS) is 15.4. The molecule has 124 valence electrons. The van der Waals surface area contributed by atoms with Crippen molar-refractivity contribution in [3.8, 4) is 5.75 Å². The molecule has 2 rings (SSSR count). The minimum absolute atomic E-state index is 0.00823. The van der Waals surface area contributed by atoms with Crippen LogP contribution in [0.3, 0.4) is 0 Å². The number of likely N-dealkylation sites (tertiary alicyclic amines) is 1. The number of hydrogen-bond acceptors (Lipinski definition) is 5. The fourth-order valence-corrected chi connectivity index (χ4v) is 2.42. The minimum atomic E-state index is -0.330. The smallest absolute Gasteiger partial charge is 0.324 e. The van der Waals surface area contributed by atoms with Gasteiger partial charge in [0.2, 0.25) is 11.8 Å². The summed E-state index contributed by atoms with van der Waals surface area (Å²) in [5, 5.41) is 2.46. The zero-order valence-corrected chi connectivity index (χ0v) is 14.0. The van der Waals surface area contributed by atoms with Gasteiger partial charge >= 0.3 is 5.97 Å². The highest BCUT2D eigenvalue weighted by atomic mass is 32.2. The van der Waals surface area contributed by atoms with E-state index in [9.17, 15) is 14.4 Å². The average Bonchev–Trinajstić information content (AvgIpc) is 2.91. The molecule has 1 saturated heterocycles. The molecule has 0 aromatic heterocycles. The standard InChI is InChI=1S/C16H20N2O4S/c1-11(23-2)16(21)22-13-6-3-5-12(9-13)17-14(19)10-18-8-4-7-15(18)20/h3,5-6,9,11H,4,7-8,10H2,1-2H3,(H,17,19)/t11-/m1/s1. The number of ether oxygens (including phenoxy) is 1. The van der Waals surface area contributed by atoms with Gasteiger partial charge in [-0.1, -0.05) is 6.07 Å². The van der Waals surface area contributed by atoms with Crippen LogP contribution in [0.1, 0.15) is 19.8 Å². The van der Waals surface area contributed by atoms with E-state index < -0.39 is 0 Å². The van der Waals surface area contributed by atoms with Crippen molar-refractivity contribution in [2.45, 2.75) is 25.0 Å². The van der Waals surface area contributed by atoms with Crippen molar-refractivity contribution in [2.75, 3.05) is 24.7 Å². The lowest BCUT2D eigenvalue weighted by molar-refractivity contribution is -0.133. The van der Waals surface area contributed by atoms with Crippen LogP contribution in [0.25, 0.3) is 0 Å². The Balaban J connectivity index is 1.92. The lowest BCUT2D eigenvalue weighted by Crippen LogP contribution is -2.33. The third-order valence-corrected chi connectivity index (χ3v) is 4.43. The summed E-state index contributed by atoms with van der Waals surface area (Å²) in [6.45, 7) is 2.44. The summed E-state index contributed by atoms with van der Waals surface area (Å²) < 4.78 is 5.26. The number of esters is 1. The van der Waals surface area contributed by atoms with Gasteiger partial charge in [-0.2, -0.15) is 11.8 Å². The van der Waals surface area contributed by atoms with E-state index in [1.807, 2.05) is 6.26 Å². The van der Waals surface area contributed by atoms with Crippen molar-refractivity contribution in [2.24, 2.45) is 0 Å². The monoisotopic (exact) mass is 336 g/mol. The number of amides is 2. The zero-order chi connectivity index (χ0) is 16.8. The number of nitrogens with zero attached hydrogens (tertiary/aromatic N) is 1. The van der Waals surface area contributed by atoms with Crippen LogP contribution in [0.5, 0.6) is 5.75 Å². The predicted octanol–water partition coefficient (Wildman–Crippen LogP) is 1.90. The predicted molar refractivity (Wildman–Crippen MR) is 89.5 cm³/mol. The molecule has 1 heterocycles. The second-order valence-corrected chi connectivity index (χ2v) is 6.47. The summed E-state index contributed by atoms with van der Waals surface area (Å²) in [5.74, 6) is -0.204. The molecule has 1 aliphatic heterocycles. The fourth-order valence-electron chi connectivity index (χ4n) is 2.18. The second kappa shape index (κ2) is 8.01. The topological polar surface area (TPSA) is 75.7 Å². The maximum Gasteiger partial charge on any atom is 0.324 e. The van der Waals surface area contributed by atoms with Crippen molar-refractivity contribution >= 4 is 35.2 Å². The number of hydrogen-bond donors (Lipinski definition) is 1. The van der Waals surface area contributed by atoms with Crippen LogP contribution < -0.4 is 10.1 Å². The SMILES string of the molecule is CS[C@H](C)C(=O)Oc1cccc(NC(=O)CN2CCCC2=O)c1. The molecule has 1 aromatic carbocycles. The first kappa shape index (κ1) is 17.3.